The van der Waals surface area contributed by atoms with Gasteiger partial charge in [-0.3, -0.25) is 24.3 Å². The smallest absolute Gasteiger partial charge is 0.279 e. The molecule has 4 aromatic carbocycles. The average Bonchev–Trinajstić information content (AvgIpc) is 3.88. The number of aromatic amines is 1. The minimum absolute atomic E-state index is 0.104. The first-order valence-corrected chi connectivity index (χ1v) is 20.3. The summed E-state index contributed by atoms with van der Waals surface area (Å²) < 4.78 is 10.3. The molecule has 5 atom stereocenters. The quantitative estimate of drug-likeness (QED) is 0.167. The first-order valence-electron chi connectivity index (χ1n) is 17.3. The molecule has 0 aliphatic carbocycles. The van der Waals surface area contributed by atoms with Crippen molar-refractivity contribution in [3.8, 4) is 5.69 Å². The molecule has 2 aliphatic rings. The predicted octanol–water partition coefficient (Wildman–Crippen LogP) is 5.60. The van der Waals surface area contributed by atoms with Crippen LogP contribution in [0.3, 0.4) is 0 Å². The van der Waals surface area contributed by atoms with Gasteiger partial charge in [-0.05, 0) is 67.5 Å². The number of carbonyl (C=O) groups excluding carboxylic acids is 1. The van der Waals surface area contributed by atoms with Gasteiger partial charge < -0.3 is 14.6 Å². The van der Waals surface area contributed by atoms with E-state index in [0.717, 1.165) is 5.56 Å². The minimum Gasteiger partial charge on any atom is -0.432 e. The molecule has 8 rings (SSSR count). The molecule has 0 radical (unpaired) electrons. The molecule has 0 bridgehead atoms. The number of amides is 1. The van der Waals surface area contributed by atoms with Gasteiger partial charge in [0.05, 0.1) is 46.6 Å². The van der Waals surface area contributed by atoms with Gasteiger partial charge in [0.1, 0.15) is 0 Å². The van der Waals surface area contributed by atoms with Gasteiger partial charge in [-0.15, -0.1) is 5.10 Å². The Morgan fingerprint density at radius 3 is 2.35 bits per heavy atom. The SMILES string of the molecule is C[C@H]1[C@H]([Si](C)(C)O)[C@@H](CCn2cc(C(CO)c3ccccc3)nn2)O[C@]12C(=O)N(c1ccccc1)c1ccc(-n3[nH]c4ccccc4c3=O)cc12. The van der Waals surface area contributed by atoms with Crippen molar-refractivity contribution in [2.45, 2.75) is 56.1 Å². The lowest BCUT2D eigenvalue weighted by Crippen LogP contribution is -2.45. The number of nitrogens with one attached hydrogen (secondary N) is 1. The number of carbonyl (C=O) groups is 1. The molecule has 11 nitrogen and oxygen atoms in total. The largest absolute Gasteiger partial charge is 0.432 e. The van der Waals surface area contributed by atoms with Gasteiger partial charge in [0, 0.05) is 35.5 Å². The highest BCUT2D eigenvalue weighted by Gasteiger charge is 2.66. The van der Waals surface area contributed by atoms with Crippen LogP contribution < -0.4 is 10.5 Å². The highest BCUT2D eigenvalue weighted by Crippen LogP contribution is 2.61. The first kappa shape index (κ1) is 33.0. The number of para-hydroxylation sites is 2. The summed E-state index contributed by atoms with van der Waals surface area (Å²) in [6.07, 6.45) is 1.84. The Morgan fingerprint density at radius 1 is 0.941 bits per heavy atom. The van der Waals surface area contributed by atoms with E-state index >= 15 is 0 Å². The van der Waals surface area contributed by atoms with E-state index in [0.29, 0.717) is 52.2 Å². The molecule has 3 N–H and O–H groups in total. The van der Waals surface area contributed by atoms with Crippen LogP contribution in [0.5, 0.6) is 0 Å². The molecule has 1 fully saturated rings. The first-order chi connectivity index (χ1) is 24.6. The summed E-state index contributed by atoms with van der Waals surface area (Å²) in [5.74, 6) is -0.926. The third-order valence-corrected chi connectivity index (χ3v) is 13.2. The van der Waals surface area contributed by atoms with Crippen LogP contribution in [0.4, 0.5) is 11.4 Å². The number of aliphatic hydroxyl groups is 1. The summed E-state index contributed by atoms with van der Waals surface area (Å²) in [4.78, 5) is 42.0. The number of hydrogen-bond donors (Lipinski definition) is 3. The summed E-state index contributed by atoms with van der Waals surface area (Å²) in [6.45, 7) is 6.14. The molecule has 6 aromatic rings. The number of aryl methyl sites for hydroxylation is 1. The van der Waals surface area contributed by atoms with Gasteiger partial charge in [-0.1, -0.05) is 72.8 Å². The van der Waals surface area contributed by atoms with E-state index in [1.807, 2.05) is 123 Å². The average molecular weight is 701 g/mol. The van der Waals surface area contributed by atoms with Crippen LogP contribution in [0.2, 0.25) is 18.6 Å². The molecule has 260 valence electrons. The Bertz CT molecular complexity index is 2280. The zero-order valence-corrected chi connectivity index (χ0v) is 29.7. The fraction of sp³-hybridized carbons (Fsp3) is 0.282. The summed E-state index contributed by atoms with van der Waals surface area (Å²) in [5, 5.41) is 22.7. The number of H-pyrrole nitrogens is 1. The number of benzene rings is 4. The summed E-state index contributed by atoms with van der Waals surface area (Å²) in [5.41, 5.74) is 3.05. The van der Waals surface area contributed by atoms with E-state index < -0.39 is 25.9 Å². The Balaban J connectivity index is 1.18. The standard InChI is InChI=1S/C39H40N6O5Si/c1-25-36(51(2,3)49)35(20-21-43-23-33(40-42-43)30(24-46)26-12-6-4-7-13-26)50-39(25)31-22-28(45-37(47)29-16-10-11-17-32(29)41-45)18-19-34(31)44(38(39)48)27-14-8-5-9-15-27/h4-19,22-23,25,30,35-36,41,46,49H,20-21,24H2,1-3H3/t25-,30?,35+,36-,39+/m0/s1. The van der Waals surface area contributed by atoms with E-state index in [1.165, 1.54) is 4.68 Å². The lowest BCUT2D eigenvalue weighted by molar-refractivity contribution is -0.145. The second-order valence-electron chi connectivity index (χ2n) is 14.2. The molecule has 12 heteroatoms. The second-order valence-corrected chi connectivity index (χ2v) is 18.2. The van der Waals surface area contributed by atoms with Crippen LogP contribution in [-0.4, -0.2) is 61.6 Å². The lowest BCUT2D eigenvalue weighted by Gasteiger charge is -2.32. The molecule has 0 saturated carbocycles. The Labute approximate surface area is 295 Å². The van der Waals surface area contributed by atoms with Gasteiger partial charge in [-0.25, -0.2) is 4.68 Å². The Kier molecular flexibility index (Phi) is 8.14. The van der Waals surface area contributed by atoms with Crippen LogP contribution in [0, 0.1) is 5.92 Å². The fourth-order valence-electron chi connectivity index (χ4n) is 8.37. The van der Waals surface area contributed by atoms with Crippen molar-refractivity contribution in [1.29, 1.82) is 0 Å². The monoisotopic (exact) mass is 700 g/mol. The second kappa shape index (κ2) is 12.6. The molecular weight excluding hydrogens is 661 g/mol. The molecule has 1 unspecified atom stereocenters. The van der Waals surface area contributed by atoms with E-state index in [-0.39, 0.29) is 29.5 Å². The van der Waals surface area contributed by atoms with Crippen molar-refractivity contribution in [2.75, 3.05) is 11.5 Å². The van der Waals surface area contributed by atoms with Crippen LogP contribution in [-0.2, 0) is 21.7 Å². The van der Waals surface area contributed by atoms with Gasteiger partial charge in [0.2, 0.25) is 0 Å². The van der Waals surface area contributed by atoms with Gasteiger partial charge in [0.15, 0.2) is 13.9 Å². The van der Waals surface area contributed by atoms with Crippen molar-refractivity contribution in [3.63, 3.8) is 0 Å². The highest BCUT2D eigenvalue weighted by atomic mass is 28.4. The van der Waals surface area contributed by atoms with Crippen LogP contribution in [0.1, 0.15) is 36.1 Å². The summed E-state index contributed by atoms with van der Waals surface area (Å²) in [6, 6.07) is 32.2. The maximum atomic E-state index is 15.0. The zero-order valence-electron chi connectivity index (χ0n) is 28.7. The number of rotatable bonds is 9. The van der Waals surface area contributed by atoms with Gasteiger partial charge >= 0.3 is 0 Å². The van der Waals surface area contributed by atoms with Crippen molar-refractivity contribution in [2.24, 2.45) is 5.92 Å². The van der Waals surface area contributed by atoms with Gasteiger partial charge in [-0.2, -0.15) is 0 Å². The number of aromatic nitrogens is 5. The zero-order chi connectivity index (χ0) is 35.5. The van der Waals surface area contributed by atoms with Crippen molar-refractivity contribution in [1.82, 2.24) is 24.8 Å². The molecule has 1 amide bonds. The van der Waals surface area contributed by atoms with Crippen LogP contribution >= 0.6 is 0 Å². The number of hydrogen-bond acceptors (Lipinski definition) is 7. The predicted molar refractivity (Wildman–Crippen MR) is 197 cm³/mol. The Hall–Kier alpha value is -5.14. The highest BCUT2D eigenvalue weighted by molar-refractivity contribution is 6.71. The van der Waals surface area contributed by atoms with E-state index in [1.54, 1.807) is 15.6 Å². The number of ether oxygens (including phenoxy) is 1. The molecule has 4 heterocycles. The molecule has 51 heavy (non-hydrogen) atoms. The Morgan fingerprint density at radius 2 is 1.65 bits per heavy atom. The molecule has 1 spiro atoms. The van der Waals surface area contributed by atoms with E-state index in [9.17, 15) is 19.5 Å². The minimum atomic E-state index is -2.94. The number of fused-ring (bicyclic) bond motifs is 3. The van der Waals surface area contributed by atoms with Crippen molar-refractivity contribution >= 4 is 36.5 Å². The summed E-state index contributed by atoms with van der Waals surface area (Å²) in [7, 11) is -2.94. The van der Waals surface area contributed by atoms with Crippen LogP contribution in [0.25, 0.3) is 16.6 Å². The van der Waals surface area contributed by atoms with Crippen molar-refractivity contribution < 1.29 is 19.4 Å². The molecule has 2 aromatic heterocycles. The van der Waals surface area contributed by atoms with Crippen LogP contribution in [0.15, 0.2) is 114 Å². The van der Waals surface area contributed by atoms with E-state index in [4.69, 9.17) is 4.74 Å². The molecular formula is C39H40N6O5Si. The topological polar surface area (TPSA) is 138 Å². The number of nitrogens with zero attached hydrogens (tertiary/aromatic N) is 5. The lowest BCUT2D eigenvalue weighted by atomic mass is 9.82. The fourth-order valence-corrected chi connectivity index (χ4v) is 11.0. The third kappa shape index (κ3) is 5.37. The number of anilines is 2. The molecule has 2 aliphatic heterocycles. The normalized spacial score (nSPS) is 22.3. The molecule has 1 saturated heterocycles. The van der Waals surface area contributed by atoms with Crippen molar-refractivity contribution in [3.05, 3.63) is 136 Å². The van der Waals surface area contributed by atoms with Gasteiger partial charge in [0.25, 0.3) is 11.5 Å². The maximum absolute atomic E-state index is 15.0. The van der Waals surface area contributed by atoms with E-state index in [2.05, 4.69) is 15.4 Å². The number of aliphatic hydroxyl groups excluding tert-OH is 1. The third-order valence-electron chi connectivity index (χ3n) is 10.7. The maximum Gasteiger partial charge on any atom is 0.279 e. The summed E-state index contributed by atoms with van der Waals surface area (Å²) >= 11 is 0.